The minimum atomic E-state index is 0.171. The second-order valence-electron chi connectivity index (χ2n) is 3.77. The number of nitrogens with zero attached hydrogens (tertiary/aromatic N) is 3. The van der Waals surface area contributed by atoms with E-state index in [1.165, 1.54) is 15.6 Å². The molecule has 3 aromatic rings. The van der Waals surface area contributed by atoms with Gasteiger partial charge in [-0.2, -0.15) is 0 Å². The van der Waals surface area contributed by atoms with Crippen molar-refractivity contribution in [2.45, 2.75) is 6.92 Å². The molecule has 0 unspecified atom stereocenters. The number of hydrogen-bond donors (Lipinski definition) is 0. The molecule has 0 aliphatic rings. The fourth-order valence-corrected chi connectivity index (χ4v) is 3.99. The van der Waals surface area contributed by atoms with Crippen LogP contribution in [0.3, 0.4) is 0 Å². The summed E-state index contributed by atoms with van der Waals surface area (Å²) in [4.78, 5) is 0. The quantitative estimate of drug-likeness (QED) is 0.649. The predicted molar refractivity (Wildman–Crippen MR) is 69.5 cm³/mol. The van der Waals surface area contributed by atoms with Gasteiger partial charge in [-0.3, -0.25) is 0 Å². The Morgan fingerprint density at radius 3 is 2.59 bits per heavy atom. The van der Waals surface area contributed by atoms with E-state index >= 15 is 0 Å². The Hall–Kier alpha value is -1.22. The van der Waals surface area contributed by atoms with Gasteiger partial charge in [0.25, 0.3) is 0 Å². The van der Waals surface area contributed by atoms with Gasteiger partial charge >= 0.3 is 109 Å². The molecule has 0 radical (unpaired) electrons. The minimum absolute atomic E-state index is 0.171. The molecule has 3 nitrogen and oxygen atoms in total. The molecule has 0 saturated carbocycles. The molecule has 84 valence electrons. The predicted octanol–water partition coefficient (Wildman–Crippen LogP) is 2.71. The summed E-state index contributed by atoms with van der Waals surface area (Å²) in [5, 5.41) is 11.9. The van der Waals surface area contributed by atoms with Crippen LogP contribution in [0, 0.1) is 6.92 Å². The van der Waals surface area contributed by atoms with E-state index in [2.05, 4.69) is 52.7 Å². The van der Waals surface area contributed by atoms with Crippen LogP contribution in [-0.2, 0) is 0 Å². The molecule has 0 spiro atoms. The Labute approximate surface area is 109 Å². The summed E-state index contributed by atoms with van der Waals surface area (Å²) in [7, 11) is 0. The molecule has 2 aromatic heterocycles. The van der Waals surface area contributed by atoms with Gasteiger partial charge in [0, 0.05) is 0 Å². The molecule has 0 fully saturated rings. The molecule has 3 rings (SSSR count). The summed E-state index contributed by atoms with van der Waals surface area (Å²) in [6, 6.07) is 10.5. The molecule has 0 aliphatic carbocycles. The van der Waals surface area contributed by atoms with Gasteiger partial charge in [0.2, 0.25) is 0 Å². The second kappa shape index (κ2) is 4.22. The summed E-state index contributed by atoms with van der Waals surface area (Å²) in [6.07, 6.45) is 0. The molecule has 5 heteroatoms. The Balaban J connectivity index is 2.18. The van der Waals surface area contributed by atoms with E-state index in [1.54, 1.807) is 0 Å². The Kier molecular flexibility index (Phi) is 2.71. The van der Waals surface area contributed by atoms with Crippen LogP contribution in [0.4, 0.5) is 0 Å². The SMILES string of the molecule is Cc1ccc(-c2cc3nnnc(Cl)c3[se]2)cc1. The molecule has 1 aromatic carbocycles. The van der Waals surface area contributed by atoms with Gasteiger partial charge in [-0.25, -0.2) is 0 Å². The number of hydrogen-bond acceptors (Lipinski definition) is 3. The normalized spacial score (nSPS) is 10.9. The van der Waals surface area contributed by atoms with Crippen molar-refractivity contribution in [1.29, 1.82) is 0 Å². The van der Waals surface area contributed by atoms with E-state index in [4.69, 9.17) is 11.6 Å². The first-order chi connectivity index (χ1) is 8.24. The van der Waals surface area contributed by atoms with Gasteiger partial charge in [-0.15, -0.1) is 0 Å². The van der Waals surface area contributed by atoms with Crippen LogP contribution in [0.5, 0.6) is 0 Å². The van der Waals surface area contributed by atoms with Gasteiger partial charge in [-0.05, 0) is 0 Å². The molecule has 17 heavy (non-hydrogen) atoms. The van der Waals surface area contributed by atoms with Crippen molar-refractivity contribution >= 4 is 35.9 Å². The Morgan fingerprint density at radius 1 is 1.12 bits per heavy atom. The van der Waals surface area contributed by atoms with Crippen LogP contribution in [0.1, 0.15) is 5.56 Å². The molecular weight excluding hydrogens is 301 g/mol. The second-order valence-corrected chi connectivity index (χ2v) is 6.34. The number of aryl methyl sites for hydroxylation is 1. The first kappa shape index (κ1) is 10.9. The maximum atomic E-state index is 6.02. The van der Waals surface area contributed by atoms with Crippen molar-refractivity contribution in [2.75, 3.05) is 0 Å². The molecular formula is C12H8ClN3Se. The average molecular weight is 309 g/mol. The van der Waals surface area contributed by atoms with Gasteiger partial charge in [0.1, 0.15) is 0 Å². The Bertz CT molecular complexity index is 676. The van der Waals surface area contributed by atoms with Crippen molar-refractivity contribution in [3.8, 4) is 10.0 Å². The van der Waals surface area contributed by atoms with E-state index in [0.717, 1.165) is 9.78 Å². The van der Waals surface area contributed by atoms with E-state index in [9.17, 15) is 0 Å². The zero-order chi connectivity index (χ0) is 11.8. The topological polar surface area (TPSA) is 38.7 Å². The standard InChI is InChI=1S/C12H8ClN3Se/c1-7-2-4-8(5-3-7)10-6-9-11(17-10)12(13)15-16-14-9/h2-6H,1H3. The first-order valence-corrected chi connectivity index (χ1v) is 7.18. The van der Waals surface area contributed by atoms with Crippen molar-refractivity contribution in [1.82, 2.24) is 15.4 Å². The number of aromatic nitrogens is 3. The van der Waals surface area contributed by atoms with E-state index in [0.29, 0.717) is 5.15 Å². The zero-order valence-electron chi connectivity index (χ0n) is 9.01. The summed E-state index contributed by atoms with van der Waals surface area (Å²) in [5.41, 5.74) is 3.35. The summed E-state index contributed by atoms with van der Waals surface area (Å²) in [5.74, 6) is 0. The van der Waals surface area contributed by atoms with Crippen LogP contribution in [0.25, 0.3) is 19.8 Å². The fraction of sp³-hybridized carbons (Fsp3) is 0.0833. The van der Waals surface area contributed by atoms with Crippen LogP contribution in [-0.4, -0.2) is 29.9 Å². The van der Waals surface area contributed by atoms with Gasteiger partial charge in [0.15, 0.2) is 0 Å². The fourth-order valence-electron chi connectivity index (χ4n) is 1.62. The van der Waals surface area contributed by atoms with Gasteiger partial charge in [-0.1, -0.05) is 0 Å². The van der Waals surface area contributed by atoms with Crippen molar-refractivity contribution in [3.63, 3.8) is 0 Å². The van der Waals surface area contributed by atoms with Crippen LogP contribution in [0.2, 0.25) is 5.15 Å². The third-order valence-corrected chi connectivity index (χ3v) is 5.52. The van der Waals surface area contributed by atoms with E-state index < -0.39 is 0 Å². The zero-order valence-corrected chi connectivity index (χ0v) is 11.5. The molecule has 0 amide bonds. The van der Waals surface area contributed by atoms with Gasteiger partial charge in [0.05, 0.1) is 0 Å². The monoisotopic (exact) mass is 309 g/mol. The third-order valence-electron chi connectivity index (χ3n) is 2.52. The summed E-state index contributed by atoms with van der Waals surface area (Å²) >= 11 is 6.19. The molecule has 0 bridgehead atoms. The van der Waals surface area contributed by atoms with Crippen molar-refractivity contribution in [3.05, 3.63) is 41.0 Å². The molecule has 0 atom stereocenters. The molecule has 0 aliphatic heterocycles. The number of halogens is 1. The average Bonchev–Trinajstić information content (AvgIpc) is 2.75. The van der Waals surface area contributed by atoms with Crippen LogP contribution in [0.15, 0.2) is 30.3 Å². The van der Waals surface area contributed by atoms with Crippen LogP contribution >= 0.6 is 11.6 Å². The van der Waals surface area contributed by atoms with E-state index in [-0.39, 0.29) is 14.5 Å². The molecule has 2 heterocycles. The third kappa shape index (κ3) is 2.00. The van der Waals surface area contributed by atoms with Crippen molar-refractivity contribution in [2.24, 2.45) is 0 Å². The van der Waals surface area contributed by atoms with Crippen molar-refractivity contribution < 1.29 is 0 Å². The summed E-state index contributed by atoms with van der Waals surface area (Å²) in [6.45, 7) is 2.08. The maximum absolute atomic E-state index is 6.02. The van der Waals surface area contributed by atoms with Gasteiger partial charge < -0.3 is 0 Å². The molecule has 0 N–H and O–H groups in total. The van der Waals surface area contributed by atoms with E-state index in [1.807, 2.05) is 0 Å². The summed E-state index contributed by atoms with van der Waals surface area (Å²) < 4.78 is 2.31. The van der Waals surface area contributed by atoms with Crippen LogP contribution < -0.4 is 0 Å². The number of benzene rings is 1. The number of fused-ring (bicyclic) bond motifs is 1. The number of rotatable bonds is 1. The molecule has 0 saturated heterocycles. The first-order valence-electron chi connectivity index (χ1n) is 5.09. The Morgan fingerprint density at radius 2 is 1.88 bits per heavy atom.